The van der Waals surface area contributed by atoms with Gasteiger partial charge in [-0.1, -0.05) is 48.5 Å². The highest BCUT2D eigenvalue weighted by molar-refractivity contribution is 5.65. The van der Waals surface area contributed by atoms with Gasteiger partial charge in [0.1, 0.15) is 0 Å². The summed E-state index contributed by atoms with van der Waals surface area (Å²) in [5, 5.41) is 14.8. The summed E-state index contributed by atoms with van der Waals surface area (Å²) in [4.78, 5) is 0. The summed E-state index contributed by atoms with van der Waals surface area (Å²) < 4.78 is 1.57. The first-order valence-corrected chi connectivity index (χ1v) is 6.17. The maximum absolute atomic E-state index is 10.2. The number of benzene rings is 2. The van der Waals surface area contributed by atoms with Gasteiger partial charge in [-0.2, -0.15) is 5.10 Å². The molecule has 0 spiro atoms. The van der Waals surface area contributed by atoms with Gasteiger partial charge in [0.25, 0.3) is 0 Å². The molecule has 0 unspecified atom stereocenters. The Hall–Kier alpha value is -2.55. The molecule has 0 aliphatic carbocycles. The highest BCUT2D eigenvalue weighted by Gasteiger charge is 2.15. The van der Waals surface area contributed by atoms with Crippen LogP contribution in [-0.2, 0) is 0 Å². The van der Waals surface area contributed by atoms with Gasteiger partial charge >= 0.3 is 0 Å². The molecule has 94 valence electrons. The van der Waals surface area contributed by atoms with E-state index < -0.39 is 0 Å². The summed E-state index contributed by atoms with van der Waals surface area (Å²) in [5.41, 5.74) is 3.45. The molecule has 0 saturated carbocycles. The normalized spacial score (nSPS) is 10.6. The van der Waals surface area contributed by atoms with Gasteiger partial charge in [0.15, 0.2) is 0 Å². The molecule has 2 aromatic carbocycles. The van der Waals surface area contributed by atoms with Gasteiger partial charge in [-0.3, -0.25) is 0 Å². The molecular formula is C16H14N2O. The van der Waals surface area contributed by atoms with E-state index in [4.69, 9.17) is 0 Å². The Morgan fingerprint density at radius 3 is 2.11 bits per heavy atom. The van der Waals surface area contributed by atoms with Gasteiger partial charge < -0.3 is 5.11 Å². The average Bonchev–Trinajstić information content (AvgIpc) is 2.77. The third kappa shape index (κ3) is 1.99. The molecular weight excluding hydrogens is 236 g/mol. The van der Waals surface area contributed by atoms with Crippen molar-refractivity contribution >= 4 is 0 Å². The number of aromatic hydroxyl groups is 1. The molecule has 0 fully saturated rings. The maximum atomic E-state index is 10.2. The second kappa shape index (κ2) is 4.61. The van der Waals surface area contributed by atoms with E-state index in [0.717, 1.165) is 22.5 Å². The fraction of sp³-hybridized carbons (Fsp3) is 0.0625. The molecule has 0 bridgehead atoms. The lowest BCUT2D eigenvalue weighted by molar-refractivity contribution is 0.430. The highest BCUT2D eigenvalue weighted by Crippen LogP contribution is 2.30. The molecule has 19 heavy (non-hydrogen) atoms. The minimum atomic E-state index is 0.185. The minimum Gasteiger partial charge on any atom is -0.493 e. The quantitative estimate of drug-likeness (QED) is 0.755. The third-order valence-electron chi connectivity index (χ3n) is 3.14. The lowest BCUT2D eigenvalue weighted by atomic mass is 10.1. The van der Waals surface area contributed by atoms with Crippen molar-refractivity contribution in [3.63, 3.8) is 0 Å². The number of nitrogens with zero attached hydrogens (tertiary/aromatic N) is 2. The van der Waals surface area contributed by atoms with Crippen LogP contribution in [0.2, 0.25) is 0 Å². The number of para-hydroxylation sites is 1. The third-order valence-corrected chi connectivity index (χ3v) is 3.14. The van der Waals surface area contributed by atoms with Gasteiger partial charge in [-0.05, 0) is 19.1 Å². The zero-order chi connectivity index (χ0) is 13.2. The molecule has 3 aromatic rings. The first kappa shape index (κ1) is 11.5. The van der Waals surface area contributed by atoms with E-state index in [1.807, 2.05) is 67.6 Å². The second-order valence-corrected chi connectivity index (χ2v) is 4.41. The molecule has 1 N–H and O–H groups in total. The zero-order valence-electron chi connectivity index (χ0n) is 10.6. The van der Waals surface area contributed by atoms with Gasteiger partial charge in [0.2, 0.25) is 5.88 Å². The van der Waals surface area contributed by atoms with Crippen LogP contribution < -0.4 is 0 Å². The average molecular weight is 250 g/mol. The summed E-state index contributed by atoms with van der Waals surface area (Å²) in [7, 11) is 0. The van der Waals surface area contributed by atoms with Crippen LogP contribution >= 0.6 is 0 Å². The van der Waals surface area contributed by atoms with E-state index >= 15 is 0 Å². The van der Waals surface area contributed by atoms with Crippen molar-refractivity contribution in [2.45, 2.75) is 6.92 Å². The fourth-order valence-electron chi connectivity index (χ4n) is 2.11. The summed E-state index contributed by atoms with van der Waals surface area (Å²) in [5.74, 6) is 0.185. The summed E-state index contributed by atoms with van der Waals surface area (Å²) >= 11 is 0. The Bertz CT molecular complexity index is 628. The molecule has 0 saturated heterocycles. The van der Waals surface area contributed by atoms with Crippen molar-refractivity contribution in [3.05, 3.63) is 66.2 Å². The molecule has 0 aliphatic heterocycles. The number of hydrogen-bond donors (Lipinski definition) is 1. The van der Waals surface area contributed by atoms with E-state index in [0.29, 0.717) is 0 Å². The molecule has 0 radical (unpaired) electrons. The predicted octanol–water partition coefficient (Wildman–Crippen LogP) is 3.55. The van der Waals surface area contributed by atoms with Crippen LogP contribution in [0.15, 0.2) is 60.7 Å². The summed E-state index contributed by atoms with van der Waals surface area (Å²) in [6.45, 7) is 1.88. The Morgan fingerprint density at radius 2 is 1.47 bits per heavy atom. The van der Waals surface area contributed by atoms with Gasteiger partial charge in [-0.15, -0.1) is 0 Å². The SMILES string of the molecule is Cc1c(-c2ccccc2)nn(-c2ccccc2)c1O. The fourth-order valence-corrected chi connectivity index (χ4v) is 2.11. The molecule has 3 rings (SSSR count). The molecule has 3 heteroatoms. The van der Waals surface area contributed by atoms with Crippen LogP contribution in [0.3, 0.4) is 0 Å². The van der Waals surface area contributed by atoms with E-state index in [9.17, 15) is 5.11 Å². The van der Waals surface area contributed by atoms with E-state index in [2.05, 4.69) is 5.10 Å². The first-order chi connectivity index (χ1) is 9.27. The molecule has 0 atom stereocenters. The Kier molecular flexibility index (Phi) is 2.80. The van der Waals surface area contributed by atoms with Crippen molar-refractivity contribution in [3.8, 4) is 22.8 Å². The number of hydrogen-bond acceptors (Lipinski definition) is 2. The Labute approximate surface area is 111 Å². The predicted molar refractivity (Wildman–Crippen MR) is 75.4 cm³/mol. The second-order valence-electron chi connectivity index (χ2n) is 4.41. The zero-order valence-corrected chi connectivity index (χ0v) is 10.6. The van der Waals surface area contributed by atoms with Crippen molar-refractivity contribution in [2.24, 2.45) is 0 Å². The monoisotopic (exact) mass is 250 g/mol. The minimum absolute atomic E-state index is 0.185. The first-order valence-electron chi connectivity index (χ1n) is 6.17. The molecule has 1 heterocycles. The molecule has 0 amide bonds. The van der Waals surface area contributed by atoms with Crippen LogP contribution in [0, 0.1) is 6.92 Å². The van der Waals surface area contributed by atoms with Crippen LogP contribution in [-0.4, -0.2) is 14.9 Å². The highest BCUT2D eigenvalue weighted by atomic mass is 16.3. The van der Waals surface area contributed by atoms with E-state index in [-0.39, 0.29) is 5.88 Å². The van der Waals surface area contributed by atoms with Crippen LogP contribution in [0.25, 0.3) is 16.9 Å². The summed E-state index contributed by atoms with van der Waals surface area (Å²) in [6, 6.07) is 19.5. The standard InChI is InChI=1S/C16H14N2O/c1-12-15(13-8-4-2-5-9-13)17-18(16(12)19)14-10-6-3-7-11-14/h2-11,19H,1H3. The lowest BCUT2D eigenvalue weighted by Gasteiger charge is -2.01. The molecule has 1 aromatic heterocycles. The topological polar surface area (TPSA) is 38.0 Å². The maximum Gasteiger partial charge on any atom is 0.217 e. The van der Waals surface area contributed by atoms with Crippen molar-refractivity contribution in [1.29, 1.82) is 0 Å². The number of rotatable bonds is 2. The van der Waals surface area contributed by atoms with E-state index in [1.165, 1.54) is 0 Å². The van der Waals surface area contributed by atoms with Crippen LogP contribution in [0.5, 0.6) is 5.88 Å². The van der Waals surface area contributed by atoms with E-state index in [1.54, 1.807) is 4.68 Å². The van der Waals surface area contributed by atoms with Crippen LogP contribution in [0.4, 0.5) is 0 Å². The van der Waals surface area contributed by atoms with Crippen molar-refractivity contribution in [1.82, 2.24) is 9.78 Å². The summed E-state index contributed by atoms with van der Waals surface area (Å²) in [6.07, 6.45) is 0. The Morgan fingerprint density at radius 1 is 0.895 bits per heavy atom. The van der Waals surface area contributed by atoms with Crippen molar-refractivity contribution in [2.75, 3.05) is 0 Å². The molecule has 3 nitrogen and oxygen atoms in total. The van der Waals surface area contributed by atoms with Gasteiger partial charge in [-0.25, -0.2) is 4.68 Å². The number of aromatic nitrogens is 2. The lowest BCUT2D eigenvalue weighted by Crippen LogP contribution is -1.95. The largest absolute Gasteiger partial charge is 0.493 e. The smallest absolute Gasteiger partial charge is 0.217 e. The van der Waals surface area contributed by atoms with Gasteiger partial charge in [0, 0.05) is 11.1 Å². The molecule has 0 aliphatic rings. The van der Waals surface area contributed by atoms with Gasteiger partial charge in [0.05, 0.1) is 11.4 Å². The van der Waals surface area contributed by atoms with Crippen LogP contribution in [0.1, 0.15) is 5.56 Å². The Balaban J connectivity index is 2.16. The van der Waals surface area contributed by atoms with Crippen molar-refractivity contribution < 1.29 is 5.11 Å².